The van der Waals surface area contributed by atoms with E-state index < -0.39 is 5.24 Å². The number of carbonyl (C=O) groups excluding carboxylic acids is 1. The molecule has 70 valence electrons. The number of benzene rings is 1. The summed E-state index contributed by atoms with van der Waals surface area (Å²) in [5.41, 5.74) is 2.73. The normalized spacial score (nSPS) is 9.69. The van der Waals surface area contributed by atoms with E-state index in [0.717, 1.165) is 17.4 Å². The molecule has 2 N–H and O–H groups in total. The molecule has 1 aromatic rings. The highest BCUT2D eigenvalue weighted by molar-refractivity contribution is 8.13. The summed E-state index contributed by atoms with van der Waals surface area (Å²) < 4.78 is 23.7. The van der Waals surface area contributed by atoms with Crippen LogP contribution >= 0.6 is 11.8 Å². The largest absolute Gasteiger partial charge is 0.299 e. The Morgan fingerprint density at radius 2 is 1.92 bits per heavy atom. The molecule has 0 radical (unpaired) electrons. The van der Waals surface area contributed by atoms with E-state index in [1.807, 2.05) is 0 Å². The molecule has 1 rings (SSSR count). The lowest BCUT2D eigenvalue weighted by molar-refractivity contribution is 0.233. The zero-order valence-electron chi connectivity index (χ0n) is 6.38. The van der Waals surface area contributed by atoms with Gasteiger partial charge < -0.3 is 0 Å². The summed E-state index contributed by atoms with van der Waals surface area (Å²) in [5, 5.41) is -0.603. The molecule has 13 heavy (non-hydrogen) atoms. The summed E-state index contributed by atoms with van der Waals surface area (Å²) in [4.78, 5) is 11.3. The van der Waals surface area contributed by atoms with Gasteiger partial charge in [-0.15, -0.1) is 4.48 Å². The van der Waals surface area contributed by atoms with Gasteiger partial charge in [0, 0.05) is 4.90 Å². The number of nitrogens with one attached hydrogen (secondary N) is 2. The van der Waals surface area contributed by atoms with E-state index in [0.29, 0.717) is 4.90 Å². The molecule has 0 aliphatic heterocycles. The molecule has 0 bridgehead atoms. The van der Waals surface area contributed by atoms with Gasteiger partial charge in [-0.1, -0.05) is 5.65 Å². The van der Waals surface area contributed by atoms with Crippen LogP contribution in [0.5, 0.6) is 0 Å². The summed E-state index contributed by atoms with van der Waals surface area (Å²) >= 11 is 0.758. The average molecular weight is 204 g/mol. The number of thioether (sulfide) groups is 1. The first-order valence-electron chi connectivity index (χ1n) is 3.31. The molecule has 0 spiro atoms. The van der Waals surface area contributed by atoms with Crippen molar-refractivity contribution in [2.24, 2.45) is 0 Å². The Morgan fingerprint density at radius 3 is 2.46 bits per heavy atom. The maximum absolute atomic E-state index is 12.4. The van der Waals surface area contributed by atoms with E-state index in [-0.39, 0.29) is 5.82 Å². The maximum Gasteiger partial charge on any atom is 0.299 e. The van der Waals surface area contributed by atoms with E-state index in [4.69, 9.17) is 0 Å². The predicted molar refractivity (Wildman–Crippen MR) is 45.0 cm³/mol. The molecule has 0 saturated heterocycles. The lowest BCUT2D eigenvalue weighted by Crippen LogP contribution is -2.27. The van der Waals surface area contributed by atoms with Crippen molar-refractivity contribution in [1.29, 1.82) is 0 Å². The lowest BCUT2D eigenvalue weighted by Gasteiger charge is -1.99. The van der Waals surface area contributed by atoms with Gasteiger partial charge >= 0.3 is 0 Å². The smallest absolute Gasteiger partial charge is 0.260 e. The molecule has 0 fully saturated rings. The molecule has 0 saturated carbocycles. The molecule has 0 heterocycles. The van der Waals surface area contributed by atoms with Gasteiger partial charge in [0.05, 0.1) is 0 Å². The number of hydrogen-bond donors (Lipinski definition) is 2. The van der Waals surface area contributed by atoms with Gasteiger partial charge in [-0.3, -0.25) is 10.2 Å². The predicted octanol–water partition coefficient (Wildman–Crippen LogP) is 2.02. The first-order chi connectivity index (χ1) is 6.22. The molecule has 0 aromatic heterocycles. The molecule has 0 atom stereocenters. The Labute approximate surface area is 77.4 Å². The fraction of sp³-hybridized carbons (Fsp3) is 0. The van der Waals surface area contributed by atoms with Crippen LogP contribution < -0.4 is 11.1 Å². The van der Waals surface area contributed by atoms with E-state index in [1.54, 1.807) is 5.43 Å². The van der Waals surface area contributed by atoms with Gasteiger partial charge in [0.25, 0.3) is 5.24 Å². The minimum atomic E-state index is -0.603. The zero-order valence-corrected chi connectivity index (χ0v) is 7.20. The first kappa shape index (κ1) is 9.94. The van der Waals surface area contributed by atoms with Crippen molar-refractivity contribution in [3.63, 3.8) is 0 Å². The van der Waals surface area contributed by atoms with E-state index in [1.165, 1.54) is 24.3 Å². The van der Waals surface area contributed by atoms with Crippen LogP contribution in [0.2, 0.25) is 0 Å². The summed E-state index contributed by atoms with van der Waals surface area (Å²) in [6, 6.07) is 5.30. The minimum absolute atomic E-state index is 0.381. The SMILES string of the molecule is O=C(NNF)Sc1ccc(F)cc1. The molecule has 0 unspecified atom stereocenters. The van der Waals surface area contributed by atoms with Gasteiger partial charge in [0.15, 0.2) is 0 Å². The van der Waals surface area contributed by atoms with E-state index >= 15 is 0 Å². The fourth-order valence-corrected chi connectivity index (χ4v) is 1.25. The van der Waals surface area contributed by atoms with Gasteiger partial charge in [-0.05, 0) is 36.0 Å². The summed E-state index contributed by atoms with van der Waals surface area (Å²) in [6.45, 7) is 0. The van der Waals surface area contributed by atoms with Crippen molar-refractivity contribution in [1.82, 2.24) is 11.1 Å². The highest BCUT2D eigenvalue weighted by atomic mass is 32.2. The van der Waals surface area contributed by atoms with Gasteiger partial charge in [-0.25, -0.2) is 4.39 Å². The molecule has 0 aliphatic carbocycles. The van der Waals surface area contributed by atoms with Crippen LogP contribution in [0.1, 0.15) is 0 Å². The topological polar surface area (TPSA) is 41.1 Å². The van der Waals surface area contributed by atoms with Crippen molar-refractivity contribution in [3.05, 3.63) is 30.1 Å². The van der Waals surface area contributed by atoms with Crippen molar-refractivity contribution >= 4 is 17.0 Å². The van der Waals surface area contributed by atoms with Crippen molar-refractivity contribution in [3.8, 4) is 0 Å². The average Bonchev–Trinajstić information content (AvgIpc) is 2.09. The second-order valence-corrected chi connectivity index (χ2v) is 3.11. The number of halogens is 2. The summed E-state index contributed by atoms with van der Waals surface area (Å²) in [6.07, 6.45) is 0. The Morgan fingerprint density at radius 1 is 1.31 bits per heavy atom. The summed E-state index contributed by atoms with van der Waals surface area (Å²) in [7, 11) is 0. The minimum Gasteiger partial charge on any atom is -0.260 e. The molecule has 0 aliphatic rings. The second kappa shape index (κ2) is 4.78. The van der Waals surface area contributed by atoms with Crippen LogP contribution in [-0.2, 0) is 0 Å². The van der Waals surface area contributed by atoms with E-state index in [9.17, 15) is 13.7 Å². The number of hydrogen-bond acceptors (Lipinski definition) is 3. The second-order valence-electron chi connectivity index (χ2n) is 2.06. The first-order valence-corrected chi connectivity index (χ1v) is 4.13. The van der Waals surface area contributed by atoms with Crippen LogP contribution in [-0.4, -0.2) is 5.24 Å². The lowest BCUT2D eigenvalue weighted by atomic mass is 10.4. The highest BCUT2D eigenvalue weighted by Crippen LogP contribution is 2.18. The van der Waals surface area contributed by atoms with Gasteiger partial charge in [0.1, 0.15) is 5.82 Å². The van der Waals surface area contributed by atoms with Crippen LogP contribution in [0.4, 0.5) is 13.7 Å². The maximum atomic E-state index is 12.4. The van der Waals surface area contributed by atoms with Crippen LogP contribution in [0, 0.1) is 5.82 Å². The van der Waals surface area contributed by atoms with Gasteiger partial charge in [-0.2, -0.15) is 0 Å². The van der Waals surface area contributed by atoms with Gasteiger partial charge in [0.2, 0.25) is 0 Å². The molecular formula is C7H6F2N2OS. The third-order valence-electron chi connectivity index (χ3n) is 1.17. The number of amides is 1. The van der Waals surface area contributed by atoms with Crippen LogP contribution in [0.15, 0.2) is 29.2 Å². The molecule has 1 aromatic carbocycles. The summed E-state index contributed by atoms with van der Waals surface area (Å²) in [5.74, 6) is -0.381. The molecule has 1 amide bonds. The molecule has 3 nitrogen and oxygen atoms in total. The van der Waals surface area contributed by atoms with Crippen LogP contribution in [0.25, 0.3) is 0 Å². The number of carbonyl (C=O) groups is 1. The Balaban J connectivity index is 2.54. The highest BCUT2D eigenvalue weighted by Gasteiger charge is 2.02. The van der Waals surface area contributed by atoms with Crippen LogP contribution in [0.3, 0.4) is 0 Å². The van der Waals surface area contributed by atoms with Crippen molar-refractivity contribution in [2.75, 3.05) is 0 Å². The number of hydrazine groups is 1. The van der Waals surface area contributed by atoms with E-state index in [2.05, 4.69) is 0 Å². The third kappa shape index (κ3) is 3.39. The quantitative estimate of drug-likeness (QED) is 0.440. The standard InChI is InChI=1S/C7H6F2N2OS/c8-5-1-3-6(4-2-5)13-7(12)10-11-9/h1-4,11H,(H,10,12). The van der Waals surface area contributed by atoms with Crippen molar-refractivity contribution < 1.29 is 13.7 Å². The molecule has 6 heteroatoms. The Hall–Kier alpha value is -1.14. The van der Waals surface area contributed by atoms with Crippen molar-refractivity contribution in [2.45, 2.75) is 4.90 Å². The zero-order chi connectivity index (χ0) is 9.68. The Bertz CT molecular complexity index is 291. The monoisotopic (exact) mass is 204 g/mol. The molecular weight excluding hydrogens is 198 g/mol. The third-order valence-corrected chi connectivity index (χ3v) is 1.97. The fourth-order valence-electron chi connectivity index (χ4n) is 0.674. The number of rotatable bonds is 2. The Kier molecular flexibility index (Phi) is 3.66.